The average molecular weight is 399 g/mol. The number of H-pyrrole nitrogens is 1. The Balaban J connectivity index is 1.67. The molecular formula is C14H17N5O5S2. The Morgan fingerprint density at radius 1 is 1.54 bits per heavy atom. The lowest BCUT2D eigenvalue weighted by atomic mass is 10.0. The quantitative estimate of drug-likeness (QED) is 0.313. The molecule has 3 rings (SSSR count). The van der Waals surface area contributed by atoms with Crippen LogP contribution in [0, 0.1) is 0 Å². The Labute approximate surface area is 156 Å². The molecular weight excluding hydrogens is 382 g/mol. The summed E-state index contributed by atoms with van der Waals surface area (Å²) >= 11 is 2.67. The van der Waals surface area contributed by atoms with Gasteiger partial charge in [0.1, 0.15) is 29.4 Å². The first-order valence-electron chi connectivity index (χ1n) is 7.77. The molecule has 0 radical (unpaired) electrons. The maximum absolute atomic E-state index is 11.9. The molecule has 0 bridgehead atoms. The molecule has 0 aliphatic carbocycles. The number of β-lactam (4-membered cyclic amide) rings is 1. The predicted molar refractivity (Wildman–Crippen MR) is 93.2 cm³/mol. The lowest BCUT2D eigenvalue weighted by Crippen LogP contribution is -2.68. The van der Waals surface area contributed by atoms with Crippen molar-refractivity contribution in [2.75, 3.05) is 18.1 Å². The molecule has 1 amide bonds. The fourth-order valence-electron chi connectivity index (χ4n) is 2.61. The number of amides is 1. The summed E-state index contributed by atoms with van der Waals surface area (Å²) in [4.78, 5) is 40.4. The molecule has 0 saturated carbocycles. The number of thioether (sulfide) groups is 2. The lowest BCUT2D eigenvalue weighted by Gasteiger charge is -2.48. The summed E-state index contributed by atoms with van der Waals surface area (Å²) in [6, 6.07) is -0.651. The fourth-order valence-corrected chi connectivity index (χ4v) is 4.86. The van der Waals surface area contributed by atoms with Gasteiger partial charge in [0.2, 0.25) is 11.1 Å². The number of aromatic nitrogens is 3. The molecule has 12 heteroatoms. The van der Waals surface area contributed by atoms with Gasteiger partial charge in [0.05, 0.1) is 6.61 Å². The average Bonchev–Trinajstić information content (AvgIpc) is 3.05. The van der Waals surface area contributed by atoms with Crippen LogP contribution in [0.3, 0.4) is 0 Å². The number of hydrogen-bond donors (Lipinski definition) is 3. The van der Waals surface area contributed by atoms with Crippen molar-refractivity contribution in [2.24, 2.45) is 5.73 Å². The number of aromatic amines is 1. The highest BCUT2D eigenvalue weighted by molar-refractivity contribution is 8.01. The van der Waals surface area contributed by atoms with Gasteiger partial charge in [0, 0.05) is 11.5 Å². The lowest BCUT2D eigenvalue weighted by molar-refractivity contribution is -0.147. The van der Waals surface area contributed by atoms with Crippen molar-refractivity contribution in [1.29, 1.82) is 0 Å². The Hall–Kier alpha value is -2.05. The Bertz CT molecular complexity index is 780. The SMILES string of the molecule is CCOC(=O)Cc1nc(SCC2=C(C(=O)O)N3C(=O)C(N)[C@@H]3SC2)n[nH]1. The van der Waals surface area contributed by atoms with Crippen molar-refractivity contribution in [1.82, 2.24) is 20.1 Å². The molecule has 140 valence electrons. The maximum atomic E-state index is 11.9. The predicted octanol–water partition coefficient (Wildman–Crippen LogP) is -0.416. The molecule has 1 fully saturated rings. The largest absolute Gasteiger partial charge is 0.477 e. The first kappa shape index (κ1) is 18.7. The summed E-state index contributed by atoms with van der Waals surface area (Å²) in [5, 5.41) is 16.2. The minimum atomic E-state index is -1.15. The zero-order chi connectivity index (χ0) is 18.8. The second kappa shape index (κ2) is 7.68. The smallest absolute Gasteiger partial charge is 0.352 e. The summed E-state index contributed by atoms with van der Waals surface area (Å²) in [6.07, 6.45) is -0.0117. The third kappa shape index (κ3) is 3.57. The number of esters is 1. The van der Waals surface area contributed by atoms with Crippen LogP contribution in [0.1, 0.15) is 12.7 Å². The van der Waals surface area contributed by atoms with Gasteiger partial charge in [0.25, 0.3) is 0 Å². The van der Waals surface area contributed by atoms with E-state index in [0.29, 0.717) is 28.1 Å². The normalized spacial score (nSPS) is 22.1. The molecule has 3 heterocycles. The third-order valence-corrected chi connectivity index (χ3v) is 6.09. The highest BCUT2D eigenvalue weighted by Gasteiger charge is 2.51. The summed E-state index contributed by atoms with van der Waals surface area (Å²) in [5.41, 5.74) is 6.33. The highest BCUT2D eigenvalue weighted by Crippen LogP contribution is 2.40. The van der Waals surface area contributed by atoms with E-state index >= 15 is 0 Å². The van der Waals surface area contributed by atoms with Crippen molar-refractivity contribution >= 4 is 41.4 Å². The van der Waals surface area contributed by atoms with Crippen molar-refractivity contribution < 1.29 is 24.2 Å². The Morgan fingerprint density at radius 3 is 3.00 bits per heavy atom. The molecule has 1 unspecified atom stereocenters. The van der Waals surface area contributed by atoms with Crippen molar-refractivity contribution in [3.63, 3.8) is 0 Å². The summed E-state index contributed by atoms with van der Waals surface area (Å²) < 4.78 is 4.84. The number of carbonyl (C=O) groups excluding carboxylic acids is 2. The Morgan fingerprint density at radius 2 is 2.31 bits per heavy atom. The van der Waals surface area contributed by atoms with E-state index in [0.717, 1.165) is 0 Å². The van der Waals surface area contributed by atoms with E-state index in [9.17, 15) is 19.5 Å². The van der Waals surface area contributed by atoms with E-state index in [4.69, 9.17) is 10.5 Å². The number of hydrogen-bond acceptors (Lipinski definition) is 9. The maximum Gasteiger partial charge on any atom is 0.352 e. The molecule has 26 heavy (non-hydrogen) atoms. The highest BCUT2D eigenvalue weighted by atomic mass is 32.2. The minimum absolute atomic E-state index is 0.00441. The van der Waals surface area contributed by atoms with Gasteiger partial charge in [-0.15, -0.1) is 16.9 Å². The molecule has 0 aromatic carbocycles. The number of nitrogens with zero attached hydrogens (tertiary/aromatic N) is 3. The molecule has 2 aliphatic heterocycles. The van der Waals surface area contributed by atoms with E-state index in [2.05, 4.69) is 15.2 Å². The second-order valence-corrected chi connectivity index (χ2v) is 7.58. The number of nitrogens with two attached hydrogens (primary N) is 1. The summed E-state index contributed by atoms with van der Waals surface area (Å²) in [7, 11) is 0. The van der Waals surface area contributed by atoms with Crippen LogP contribution in [0.25, 0.3) is 0 Å². The van der Waals surface area contributed by atoms with Gasteiger partial charge >= 0.3 is 11.9 Å². The number of carboxylic acids is 1. The molecule has 1 aromatic heterocycles. The van der Waals surface area contributed by atoms with Crippen LogP contribution in [-0.2, 0) is 25.5 Å². The van der Waals surface area contributed by atoms with Gasteiger partial charge in [-0.3, -0.25) is 19.6 Å². The van der Waals surface area contributed by atoms with Gasteiger partial charge < -0.3 is 15.6 Å². The first-order valence-corrected chi connectivity index (χ1v) is 9.81. The van der Waals surface area contributed by atoms with Gasteiger partial charge in [-0.05, 0) is 12.5 Å². The molecule has 0 spiro atoms. The first-order chi connectivity index (χ1) is 12.4. The minimum Gasteiger partial charge on any atom is -0.477 e. The van der Waals surface area contributed by atoms with E-state index in [-0.39, 0.29) is 30.0 Å². The Kier molecular flexibility index (Phi) is 5.53. The number of rotatable bonds is 7. The fraction of sp³-hybridized carbons (Fsp3) is 0.500. The number of aliphatic carboxylic acids is 1. The summed E-state index contributed by atoms with van der Waals surface area (Å²) in [6.45, 7) is 2.01. The van der Waals surface area contributed by atoms with E-state index < -0.39 is 18.0 Å². The molecule has 10 nitrogen and oxygen atoms in total. The number of fused-ring (bicyclic) bond motifs is 1. The molecule has 4 N–H and O–H groups in total. The van der Waals surface area contributed by atoms with Crippen molar-refractivity contribution in [3.8, 4) is 0 Å². The van der Waals surface area contributed by atoms with Gasteiger partial charge in [-0.25, -0.2) is 9.78 Å². The van der Waals surface area contributed by atoms with Gasteiger partial charge in [-0.1, -0.05) is 11.8 Å². The van der Waals surface area contributed by atoms with Gasteiger partial charge in [-0.2, -0.15) is 0 Å². The molecule has 1 saturated heterocycles. The molecule has 1 aromatic rings. The zero-order valence-corrected chi connectivity index (χ0v) is 15.4. The molecule has 2 atom stereocenters. The summed E-state index contributed by atoms with van der Waals surface area (Å²) in [5.74, 6) is -0.770. The second-order valence-electron chi connectivity index (χ2n) is 5.53. The van der Waals surface area contributed by atoms with Crippen LogP contribution in [0.5, 0.6) is 0 Å². The van der Waals surface area contributed by atoms with Crippen molar-refractivity contribution in [2.45, 2.75) is 29.9 Å². The van der Waals surface area contributed by atoms with Crippen LogP contribution in [0.2, 0.25) is 0 Å². The standard InChI is InChI=1S/C14H17N5O5S2/c1-2-24-8(20)3-7-16-14(18-17-7)26-5-6-4-25-12-9(15)11(21)19(12)10(6)13(22)23/h9,12H,2-5,15H2,1H3,(H,22,23)(H,16,17,18)/t9?,12-/m0/s1. The number of ether oxygens (including phenoxy) is 1. The topological polar surface area (TPSA) is 151 Å². The van der Waals surface area contributed by atoms with Crippen LogP contribution in [-0.4, -0.2) is 72.6 Å². The van der Waals surface area contributed by atoms with Crippen molar-refractivity contribution in [3.05, 3.63) is 17.1 Å². The van der Waals surface area contributed by atoms with E-state index in [1.807, 2.05) is 0 Å². The monoisotopic (exact) mass is 399 g/mol. The number of nitrogens with one attached hydrogen (secondary N) is 1. The number of carboxylic acid groups (broad SMARTS) is 1. The van der Waals surface area contributed by atoms with Crippen LogP contribution in [0.4, 0.5) is 0 Å². The van der Waals surface area contributed by atoms with Crippen LogP contribution >= 0.6 is 23.5 Å². The van der Waals surface area contributed by atoms with Crippen LogP contribution in [0.15, 0.2) is 16.4 Å². The molecule has 2 aliphatic rings. The van der Waals surface area contributed by atoms with Crippen LogP contribution < -0.4 is 5.73 Å². The zero-order valence-electron chi connectivity index (χ0n) is 13.8. The van der Waals surface area contributed by atoms with E-state index in [1.54, 1.807) is 6.92 Å². The number of carbonyl (C=O) groups is 3. The van der Waals surface area contributed by atoms with Gasteiger partial charge in [0.15, 0.2) is 0 Å². The van der Waals surface area contributed by atoms with E-state index in [1.165, 1.54) is 28.4 Å². The third-order valence-electron chi connectivity index (χ3n) is 3.79.